The van der Waals surface area contributed by atoms with Gasteiger partial charge in [-0.2, -0.15) is 0 Å². The zero-order valence-electron chi connectivity index (χ0n) is 25.9. The molecule has 4 aromatic carbocycles. The van der Waals surface area contributed by atoms with E-state index in [0.717, 1.165) is 33.4 Å². The summed E-state index contributed by atoms with van der Waals surface area (Å²) in [5.74, 6) is 1.44. The minimum atomic E-state index is -0.125. The van der Waals surface area contributed by atoms with Crippen LogP contribution in [0.15, 0.2) is 107 Å². The van der Waals surface area contributed by atoms with Gasteiger partial charge in [-0.3, -0.25) is 9.78 Å². The fourth-order valence-electron chi connectivity index (χ4n) is 5.42. The van der Waals surface area contributed by atoms with Gasteiger partial charge in [0.2, 0.25) is 0 Å². The molecule has 0 unspecified atom stereocenters. The van der Waals surface area contributed by atoms with E-state index in [2.05, 4.69) is 105 Å². The molecule has 1 N–H and O–H groups in total. The average Bonchev–Trinajstić information content (AvgIpc) is 3.58. The van der Waals surface area contributed by atoms with Crippen molar-refractivity contribution in [3.8, 4) is 28.2 Å². The second kappa shape index (κ2) is 14.0. The van der Waals surface area contributed by atoms with Crippen molar-refractivity contribution in [3.05, 3.63) is 120 Å². The third-order valence-electron chi connectivity index (χ3n) is 7.36. The molecule has 0 spiro atoms. The van der Waals surface area contributed by atoms with Crippen molar-refractivity contribution in [1.29, 1.82) is 0 Å². The summed E-state index contributed by atoms with van der Waals surface area (Å²) in [5, 5.41) is 9.38. The normalized spacial score (nSPS) is 11.5. The first-order valence-corrected chi connectivity index (χ1v) is 14.6. The average molecular weight is 762 g/mol. The number of hydrogen-bond donors (Lipinski definition) is 1. The van der Waals surface area contributed by atoms with Crippen LogP contribution in [-0.4, -0.2) is 20.4 Å². The Labute approximate surface area is 272 Å². The van der Waals surface area contributed by atoms with Crippen LogP contribution in [-0.2, 0) is 24.9 Å². The van der Waals surface area contributed by atoms with Crippen molar-refractivity contribution >= 4 is 27.8 Å². The van der Waals surface area contributed by atoms with Crippen LogP contribution >= 0.6 is 0 Å². The first kappa shape index (κ1) is 32.7. The molecule has 0 amide bonds. The Morgan fingerprint density at radius 2 is 1.43 bits per heavy atom. The van der Waals surface area contributed by atoms with Gasteiger partial charge in [-0.05, 0) is 72.2 Å². The van der Waals surface area contributed by atoms with Gasteiger partial charge in [0.1, 0.15) is 0 Å². The number of aliphatic hydroxyl groups is 1. The van der Waals surface area contributed by atoms with Gasteiger partial charge in [0.15, 0.2) is 5.78 Å². The molecule has 5 nitrogen and oxygen atoms in total. The second-order valence-corrected chi connectivity index (χ2v) is 11.4. The van der Waals surface area contributed by atoms with E-state index in [1.807, 2.05) is 24.3 Å². The van der Waals surface area contributed by atoms with Crippen molar-refractivity contribution in [3.63, 3.8) is 0 Å². The summed E-state index contributed by atoms with van der Waals surface area (Å²) in [5.41, 5.74) is 10.1. The number of nitrogens with zero attached hydrogens (tertiary/aromatic N) is 2. The predicted molar refractivity (Wildman–Crippen MR) is 176 cm³/mol. The monoisotopic (exact) mass is 762 g/mol. The zero-order chi connectivity index (χ0) is 30.7. The number of aliphatic hydroxyl groups excluding tert-OH is 1. The predicted octanol–water partition coefficient (Wildman–Crippen LogP) is 10.2. The number of ketones is 1. The minimum absolute atomic E-state index is 0. The smallest absolute Gasteiger partial charge is 0.155 e. The molecule has 0 aliphatic carbocycles. The standard InChI is InChI=1S/C33H29N2O.C5H8O2.Ir/c1-21(2)26-18-24(23-12-6-5-7-13-23)19-27(22(3)4)32(26)35-30-16-10-9-15-29(30)34-33(35)28-20-36-31-17-11-8-14-25(28)31;1-4(6)3-5(2)7;/h5-19,21-22H,1-4H3;3,6H,1-2H3;/q-1;;/b;4-3-;. The number of para-hydroxylation sites is 3. The van der Waals surface area contributed by atoms with Crippen LogP contribution < -0.4 is 0 Å². The summed E-state index contributed by atoms with van der Waals surface area (Å²) in [4.78, 5) is 15.2. The first-order valence-electron chi connectivity index (χ1n) is 14.6. The molecule has 6 rings (SSSR count). The van der Waals surface area contributed by atoms with E-state index in [1.165, 1.54) is 47.9 Å². The summed E-state index contributed by atoms with van der Waals surface area (Å²) < 4.78 is 8.18. The molecule has 0 saturated heterocycles. The Bertz CT molecular complexity index is 1900. The van der Waals surface area contributed by atoms with Crippen LogP contribution in [0.5, 0.6) is 0 Å². The van der Waals surface area contributed by atoms with Gasteiger partial charge in [-0.1, -0.05) is 99.3 Å². The molecule has 0 atom stereocenters. The number of furan rings is 1. The third-order valence-corrected chi connectivity index (χ3v) is 7.36. The van der Waals surface area contributed by atoms with Crippen molar-refractivity contribution in [2.24, 2.45) is 0 Å². The molecule has 6 aromatic rings. The molecule has 1 radical (unpaired) electrons. The fourth-order valence-corrected chi connectivity index (χ4v) is 5.42. The molecule has 0 fully saturated rings. The first-order chi connectivity index (χ1) is 20.7. The Morgan fingerprint density at radius 1 is 0.841 bits per heavy atom. The van der Waals surface area contributed by atoms with E-state index in [-0.39, 0.29) is 31.6 Å². The Morgan fingerprint density at radius 3 is 2.02 bits per heavy atom. The van der Waals surface area contributed by atoms with Gasteiger partial charge in [0.25, 0.3) is 0 Å². The summed E-state index contributed by atoms with van der Waals surface area (Å²) in [7, 11) is 0. The molecule has 44 heavy (non-hydrogen) atoms. The SMILES string of the molecule is CC(=O)/C=C(/C)O.CC(C)c1cc(-c2ccccc2)cc(C(C)C)c1-n1c(-c2[c-]oc3ccccc23)nc2ccccc21.[Ir]. The van der Waals surface area contributed by atoms with Crippen LogP contribution in [0.1, 0.15) is 64.5 Å². The Kier molecular flexibility index (Phi) is 10.4. The van der Waals surface area contributed by atoms with E-state index in [1.54, 1.807) is 0 Å². The minimum Gasteiger partial charge on any atom is -0.557 e. The van der Waals surface area contributed by atoms with Crippen molar-refractivity contribution in [2.75, 3.05) is 0 Å². The molecular weight excluding hydrogens is 725 g/mol. The van der Waals surface area contributed by atoms with Crippen LogP contribution in [0, 0.1) is 6.26 Å². The van der Waals surface area contributed by atoms with Gasteiger partial charge >= 0.3 is 0 Å². The molecule has 2 aromatic heterocycles. The van der Waals surface area contributed by atoms with Gasteiger partial charge in [-0.15, -0.1) is 6.07 Å². The molecule has 0 aliphatic heterocycles. The number of carbonyl (C=O) groups excluding carboxylic acids is 1. The third kappa shape index (κ3) is 6.77. The molecule has 2 heterocycles. The summed E-state index contributed by atoms with van der Waals surface area (Å²) in [6.45, 7) is 11.9. The van der Waals surface area contributed by atoms with Crippen LogP contribution in [0.4, 0.5) is 0 Å². The number of benzene rings is 4. The summed E-state index contributed by atoms with van der Waals surface area (Å²) in [6.07, 6.45) is 4.34. The quantitative estimate of drug-likeness (QED) is 0.104. The van der Waals surface area contributed by atoms with Crippen LogP contribution in [0.25, 0.3) is 50.2 Å². The molecule has 6 heteroatoms. The van der Waals surface area contributed by atoms with E-state index in [4.69, 9.17) is 14.5 Å². The number of carbonyl (C=O) groups is 1. The maximum atomic E-state index is 10.0. The van der Waals surface area contributed by atoms with Gasteiger partial charge in [-0.25, -0.2) is 0 Å². The van der Waals surface area contributed by atoms with Crippen molar-refractivity contribution in [2.45, 2.75) is 53.4 Å². The molecule has 0 saturated carbocycles. The fraction of sp³-hybridized carbons (Fsp3) is 0.211. The Balaban J connectivity index is 0.000000497. The van der Waals surface area contributed by atoms with Gasteiger partial charge in [0.05, 0.1) is 22.6 Å². The number of fused-ring (bicyclic) bond motifs is 2. The molecule has 0 bridgehead atoms. The number of imidazole rings is 1. The molecule has 0 aliphatic rings. The zero-order valence-corrected chi connectivity index (χ0v) is 28.3. The number of rotatable bonds is 6. The van der Waals surface area contributed by atoms with E-state index in [0.29, 0.717) is 11.8 Å². The van der Waals surface area contributed by atoms with Crippen molar-refractivity contribution in [1.82, 2.24) is 9.55 Å². The van der Waals surface area contributed by atoms with Crippen LogP contribution in [0.2, 0.25) is 0 Å². The molecular formula is C38H37IrN2O3-. The topological polar surface area (TPSA) is 68.3 Å². The maximum Gasteiger partial charge on any atom is 0.155 e. The maximum absolute atomic E-state index is 10.0. The van der Waals surface area contributed by atoms with E-state index >= 15 is 0 Å². The Hall–Kier alpha value is -4.25. The largest absolute Gasteiger partial charge is 0.557 e. The van der Waals surface area contributed by atoms with E-state index < -0.39 is 0 Å². The van der Waals surface area contributed by atoms with Crippen LogP contribution in [0.3, 0.4) is 0 Å². The second-order valence-electron chi connectivity index (χ2n) is 11.4. The summed E-state index contributed by atoms with van der Waals surface area (Å²) >= 11 is 0. The van der Waals surface area contributed by atoms with Gasteiger partial charge < -0.3 is 14.1 Å². The number of allylic oxidation sites excluding steroid dienone is 2. The molecule has 227 valence electrons. The number of hydrogen-bond acceptors (Lipinski definition) is 4. The van der Waals surface area contributed by atoms with E-state index in [9.17, 15) is 4.79 Å². The number of aromatic nitrogens is 2. The summed E-state index contributed by atoms with van der Waals surface area (Å²) in [6, 6.07) is 31.8. The van der Waals surface area contributed by atoms with Crippen molar-refractivity contribution < 1.29 is 34.4 Å². The van der Waals surface area contributed by atoms with Gasteiger partial charge in [0, 0.05) is 43.7 Å².